The van der Waals surface area contributed by atoms with E-state index < -0.39 is 0 Å². The molecule has 1 aromatic carbocycles. The van der Waals surface area contributed by atoms with Gasteiger partial charge in [-0.2, -0.15) is 0 Å². The van der Waals surface area contributed by atoms with Crippen LogP contribution in [0.25, 0.3) is 0 Å². The zero-order valence-electron chi connectivity index (χ0n) is 8.81. The van der Waals surface area contributed by atoms with Gasteiger partial charge < -0.3 is 10.8 Å². The van der Waals surface area contributed by atoms with Crippen LogP contribution in [0, 0.1) is 0 Å². The van der Waals surface area contributed by atoms with Crippen molar-refractivity contribution in [1.82, 2.24) is 0 Å². The van der Waals surface area contributed by atoms with E-state index in [0.717, 1.165) is 12.8 Å². The van der Waals surface area contributed by atoms with E-state index in [-0.39, 0.29) is 17.1 Å². The first-order valence-corrected chi connectivity index (χ1v) is 5.18. The number of phenols is 1. The van der Waals surface area contributed by atoms with Crippen LogP contribution < -0.4 is 5.73 Å². The van der Waals surface area contributed by atoms with Crippen LogP contribution in [-0.4, -0.2) is 10.9 Å². The Morgan fingerprint density at radius 3 is 2.81 bits per heavy atom. The Balaban J connectivity index is 2.37. The maximum atomic E-state index is 12.0. The predicted octanol–water partition coefficient (Wildman–Crippen LogP) is 2.43. The molecule has 3 N–H and O–H groups in total. The highest BCUT2D eigenvalue weighted by molar-refractivity contribution is 6.12. The molecule has 0 bridgehead atoms. The minimum atomic E-state index is -0.180. The molecule has 16 heavy (non-hydrogen) atoms. The lowest BCUT2D eigenvalue weighted by Crippen LogP contribution is -2.04. The number of benzene rings is 1. The van der Waals surface area contributed by atoms with Crippen molar-refractivity contribution >= 4 is 11.5 Å². The Hall–Kier alpha value is -2.03. The second-order valence-corrected chi connectivity index (χ2v) is 3.74. The molecule has 0 spiro atoms. The summed E-state index contributed by atoms with van der Waals surface area (Å²) in [7, 11) is 0. The highest BCUT2D eigenvalue weighted by atomic mass is 16.3. The summed E-state index contributed by atoms with van der Waals surface area (Å²) in [6.45, 7) is 0. The Bertz CT molecular complexity index is 487. The number of nitrogens with two attached hydrogens (primary N) is 1. The van der Waals surface area contributed by atoms with Gasteiger partial charge in [0, 0.05) is 11.3 Å². The van der Waals surface area contributed by atoms with Crippen LogP contribution in [0.5, 0.6) is 5.75 Å². The van der Waals surface area contributed by atoms with E-state index in [1.54, 1.807) is 12.1 Å². The molecular weight excluding hydrogens is 202 g/mol. The normalized spacial score (nSPS) is 14.6. The third-order valence-corrected chi connectivity index (χ3v) is 2.52. The molecule has 1 aromatic rings. The number of ketones is 1. The van der Waals surface area contributed by atoms with E-state index in [4.69, 9.17) is 5.73 Å². The fourth-order valence-electron chi connectivity index (χ4n) is 1.67. The Kier molecular flexibility index (Phi) is 2.77. The molecule has 0 aromatic heterocycles. The molecule has 0 atom stereocenters. The number of carbonyl (C=O) groups is 1. The molecule has 2 rings (SSSR count). The minimum Gasteiger partial charge on any atom is -0.507 e. The van der Waals surface area contributed by atoms with Crippen molar-refractivity contribution in [1.29, 1.82) is 0 Å². The summed E-state index contributed by atoms with van der Waals surface area (Å²) >= 11 is 0. The van der Waals surface area contributed by atoms with Crippen molar-refractivity contribution in [2.45, 2.75) is 12.8 Å². The number of allylic oxidation sites excluding steroid dienone is 4. The van der Waals surface area contributed by atoms with Gasteiger partial charge >= 0.3 is 0 Å². The van der Waals surface area contributed by atoms with Crippen LogP contribution in [-0.2, 0) is 0 Å². The number of carbonyl (C=O) groups excluding carboxylic acids is 1. The summed E-state index contributed by atoms with van der Waals surface area (Å²) in [5, 5.41) is 9.61. The van der Waals surface area contributed by atoms with Gasteiger partial charge in [0.1, 0.15) is 5.75 Å². The van der Waals surface area contributed by atoms with Crippen molar-refractivity contribution in [2.24, 2.45) is 0 Å². The number of hydrogen-bond donors (Lipinski definition) is 2. The summed E-state index contributed by atoms with van der Waals surface area (Å²) in [5.74, 6) is -0.208. The fraction of sp³-hybridized carbons (Fsp3) is 0.154. The molecule has 0 saturated carbocycles. The Labute approximate surface area is 93.9 Å². The highest BCUT2D eigenvalue weighted by Gasteiger charge is 2.15. The summed E-state index contributed by atoms with van der Waals surface area (Å²) < 4.78 is 0. The quantitative estimate of drug-likeness (QED) is 0.452. The molecule has 1 aliphatic rings. The lowest BCUT2D eigenvalue weighted by atomic mass is 9.97. The number of phenolic OH excluding ortho intramolecular Hbond substituents is 1. The van der Waals surface area contributed by atoms with E-state index in [2.05, 4.69) is 0 Å². The summed E-state index contributed by atoms with van der Waals surface area (Å²) in [4.78, 5) is 12.0. The zero-order valence-corrected chi connectivity index (χ0v) is 8.81. The molecule has 0 heterocycles. The molecular formula is C13H13NO2. The lowest BCUT2D eigenvalue weighted by Gasteiger charge is -2.08. The monoisotopic (exact) mass is 215 g/mol. The summed E-state index contributed by atoms with van der Waals surface area (Å²) in [6.07, 6.45) is 7.44. The smallest absolute Gasteiger partial charge is 0.196 e. The third-order valence-electron chi connectivity index (χ3n) is 2.52. The highest BCUT2D eigenvalue weighted by Crippen LogP contribution is 2.24. The van der Waals surface area contributed by atoms with Gasteiger partial charge in [-0.3, -0.25) is 4.79 Å². The number of anilines is 1. The Morgan fingerprint density at radius 2 is 2.12 bits per heavy atom. The summed E-state index contributed by atoms with van der Waals surface area (Å²) in [6, 6.07) is 4.51. The third kappa shape index (κ3) is 1.98. The second-order valence-electron chi connectivity index (χ2n) is 3.74. The van der Waals surface area contributed by atoms with Gasteiger partial charge in [0.2, 0.25) is 0 Å². The fourth-order valence-corrected chi connectivity index (χ4v) is 1.67. The molecule has 1 aliphatic carbocycles. The van der Waals surface area contributed by atoms with Crippen molar-refractivity contribution < 1.29 is 9.90 Å². The molecule has 82 valence electrons. The van der Waals surface area contributed by atoms with Crippen LogP contribution in [0.3, 0.4) is 0 Å². The van der Waals surface area contributed by atoms with Crippen molar-refractivity contribution in [3.05, 3.63) is 47.6 Å². The Morgan fingerprint density at radius 1 is 1.31 bits per heavy atom. The summed E-state index contributed by atoms with van der Waals surface area (Å²) in [5.41, 5.74) is 6.95. The van der Waals surface area contributed by atoms with Crippen LogP contribution in [0.15, 0.2) is 42.0 Å². The van der Waals surface area contributed by atoms with Gasteiger partial charge in [-0.25, -0.2) is 0 Å². The molecule has 0 radical (unpaired) electrons. The number of hydrogen-bond acceptors (Lipinski definition) is 3. The average molecular weight is 215 g/mol. The molecule has 0 aliphatic heterocycles. The first-order chi connectivity index (χ1) is 7.68. The number of Topliss-reactive ketones (excluding diaryl/α,β-unsaturated/α-hetero) is 1. The largest absolute Gasteiger partial charge is 0.507 e. The number of nitrogen functional groups attached to an aromatic ring is 1. The topological polar surface area (TPSA) is 63.3 Å². The standard InChI is InChI=1S/C13H13NO2/c14-10-6-7-12(15)11(8-10)13(16)9-4-2-1-3-5-9/h2,4-8,15H,1,3,14H2. The van der Waals surface area contributed by atoms with Crippen molar-refractivity contribution in [3.63, 3.8) is 0 Å². The molecule has 0 saturated heterocycles. The van der Waals surface area contributed by atoms with Gasteiger partial charge in [-0.1, -0.05) is 18.2 Å². The van der Waals surface area contributed by atoms with Gasteiger partial charge in [-0.15, -0.1) is 0 Å². The minimum absolute atomic E-state index is 0.0286. The van der Waals surface area contributed by atoms with Gasteiger partial charge in [0.25, 0.3) is 0 Å². The SMILES string of the molecule is Nc1ccc(O)c(C(=O)C2=CCCC=C2)c1. The first-order valence-electron chi connectivity index (χ1n) is 5.18. The van der Waals surface area contributed by atoms with Gasteiger partial charge in [0.05, 0.1) is 5.56 Å². The second kappa shape index (κ2) is 4.23. The van der Waals surface area contributed by atoms with E-state index in [1.165, 1.54) is 12.1 Å². The predicted molar refractivity (Wildman–Crippen MR) is 63.3 cm³/mol. The molecule has 3 heteroatoms. The van der Waals surface area contributed by atoms with Crippen LogP contribution in [0.2, 0.25) is 0 Å². The van der Waals surface area contributed by atoms with E-state index in [9.17, 15) is 9.90 Å². The maximum absolute atomic E-state index is 12.0. The maximum Gasteiger partial charge on any atom is 0.196 e. The van der Waals surface area contributed by atoms with Crippen LogP contribution in [0.4, 0.5) is 5.69 Å². The van der Waals surface area contributed by atoms with Crippen LogP contribution >= 0.6 is 0 Å². The van der Waals surface area contributed by atoms with E-state index in [0.29, 0.717) is 11.3 Å². The number of rotatable bonds is 2. The van der Waals surface area contributed by atoms with Crippen molar-refractivity contribution in [3.8, 4) is 5.75 Å². The van der Waals surface area contributed by atoms with Crippen LogP contribution in [0.1, 0.15) is 23.2 Å². The van der Waals surface area contributed by atoms with E-state index in [1.807, 2.05) is 12.2 Å². The van der Waals surface area contributed by atoms with Gasteiger partial charge in [0.15, 0.2) is 5.78 Å². The first kappa shape index (κ1) is 10.5. The van der Waals surface area contributed by atoms with E-state index >= 15 is 0 Å². The molecule has 0 unspecified atom stereocenters. The van der Waals surface area contributed by atoms with Crippen molar-refractivity contribution in [2.75, 3.05) is 5.73 Å². The lowest BCUT2D eigenvalue weighted by molar-refractivity contribution is 0.103. The molecule has 0 amide bonds. The van der Waals surface area contributed by atoms with Gasteiger partial charge in [-0.05, 0) is 31.0 Å². The average Bonchev–Trinajstić information content (AvgIpc) is 2.32. The molecule has 0 fully saturated rings. The number of aromatic hydroxyl groups is 1. The molecule has 3 nitrogen and oxygen atoms in total. The zero-order chi connectivity index (χ0) is 11.5.